The Labute approximate surface area is 121 Å². The molecule has 0 spiro atoms. The van der Waals surface area contributed by atoms with Crippen molar-refractivity contribution in [3.63, 3.8) is 0 Å². The minimum Gasteiger partial charge on any atom is -0.376 e. The first kappa shape index (κ1) is 17.1. The Balaban J connectivity index is 0.000000240. The molecule has 0 aliphatic carbocycles. The van der Waals surface area contributed by atoms with Crippen molar-refractivity contribution in [1.82, 2.24) is 5.32 Å². The molecule has 1 atom stereocenters. The van der Waals surface area contributed by atoms with Gasteiger partial charge in [-0.15, -0.1) is 0 Å². The maximum atomic E-state index is 10.7. The molecule has 0 radical (unpaired) electrons. The number of benzene rings is 1. The van der Waals surface area contributed by atoms with Gasteiger partial charge in [-0.05, 0) is 30.5 Å². The molecule has 1 aromatic rings. The van der Waals surface area contributed by atoms with Crippen LogP contribution < -0.4 is 5.32 Å². The Morgan fingerprint density at radius 1 is 1.30 bits per heavy atom. The molecule has 1 aliphatic rings. The molecular formula is C14H23NO4S. The Morgan fingerprint density at radius 3 is 2.20 bits per heavy atom. The van der Waals surface area contributed by atoms with Crippen molar-refractivity contribution >= 4 is 10.1 Å². The first-order chi connectivity index (χ1) is 9.30. The predicted octanol–water partition coefficient (Wildman–Crippen LogP) is 2.05. The highest BCUT2D eigenvalue weighted by atomic mass is 32.2. The lowest BCUT2D eigenvalue weighted by Crippen LogP contribution is -2.36. The molecule has 1 fully saturated rings. The fraction of sp³-hybridized carbons (Fsp3) is 0.571. The van der Waals surface area contributed by atoms with Crippen LogP contribution in [0.3, 0.4) is 0 Å². The fourth-order valence-corrected chi connectivity index (χ4v) is 2.20. The van der Waals surface area contributed by atoms with Gasteiger partial charge < -0.3 is 10.1 Å². The van der Waals surface area contributed by atoms with E-state index in [1.807, 2.05) is 13.8 Å². The van der Waals surface area contributed by atoms with E-state index in [2.05, 4.69) is 12.2 Å². The van der Waals surface area contributed by atoms with E-state index in [0.717, 1.165) is 25.3 Å². The summed E-state index contributed by atoms with van der Waals surface area (Å²) < 4.78 is 35.2. The van der Waals surface area contributed by atoms with Crippen LogP contribution in [-0.2, 0) is 14.9 Å². The minimum atomic E-state index is -4.05. The van der Waals surface area contributed by atoms with Gasteiger partial charge in [0, 0.05) is 13.1 Å². The molecule has 20 heavy (non-hydrogen) atoms. The van der Waals surface area contributed by atoms with Gasteiger partial charge in [-0.3, -0.25) is 4.55 Å². The lowest BCUT2D eigenvalue weighted by molar-refractivity contribution is 0.0410. The zero-order valence-electron chi connectivity index (χ0n) is 12.2. The predicted molar refractivity (Wildman–Crippen MR) is 78.6 cm³/mol. The minimum absolute atomic E-state index is 0.0584. The summed E-state index contributed by atoms with van der Waals surface area (Å²) in [7, 11) is -4.05. The third-order valence-corrected chi connectivity index (χ3v) is 3.83. The molecule has 0 amide bonds. The van der Waals surface area contributed by atoms with Gasteiger partial charge in [-0.25, -0.2) is 0 Å². The second-order valence-electron chi connectivity index (χ2n) is 5.08. The van der Waals surface area contributed by atoms with E-state index in [1.54, 1.807) is 12.1 Å². The molecular weight excluding hydrogens is 278 g/mol. The molecule has 2 rings (SSSR count). The van der Waals surface area contributed by atoms with E-state index in [4.69, 9.17) is 9.29 Å². The largest absolute Gasteiger partial charge is 0.376 e. The molecule has 114 valence electrons. The van der Waals surface area contributed by atoms with Crippen LogP contribution >= 0.6 is 0 Å². The smallest absolute Gasteiger partial charge is 0.294 e. The van der Waals surface area contributed by atoms with Crippen molar-refractivity contribution in [3.05, 3.63) is 29.8 Å². The zero-order valence-corrected chi connectivity index (χ0v) is 13.0. The highest BCUT2D eigenvalue weighted by Gasteiger charge is 2.08. The summed E-state index contributed by atoms with van der Waals surface area (Å²) in [6.07, 6.45) is 0.425. The van der Waals surface area contributed by atoms with Crippen molar-refractivity contribution in [1.29, 1.82) is 0 Å². The second kappa shape index (κ2) is 7.73. The van der Waals surface area contributed by atoms with E-state index >= 15 is 0 Å². The lowest BCUT2D eigenvalue weighted by atomic mass is 10.0. The second-order valence-corrected chi connectivity index (χ2v) is 6.51. The molecule has 1 unspecified atom stereocenters. The molecule has 5 nitrogen and oxygen atoms in total. The van der Waals surface area contributed by atoms with E-state index in [0.29, 0.717) is 12.0 Å². The Kier molecular flexibility index (Phi) is 6.61. The normalized spacial score (nSPS) is 19.4. The van der Waals surface area contributed by atoms with Crippen LogP contribution in [-0.4, -0.2) is 38.8 Å². The molecule has 0 aromatic heterocycles. The van der Waals surface area contributed by atoms with E-state index in [1.165, 1.54) is 12.1 Å². The summed E-state index contributed by atoms with van der Waals surface area (Å²) in [5.41, 5.74) is 1.05. The van der Waals surface area contributed by atoms with Gasteiger partial charge in [-0.2, -0.15) is 8.42 Å². The van der Waals surface area contributed by atoms with Gasteiger partial charge in [0.25, 0.3) is 10.1 Å². The van der Waals surface area contributed by atoms with E-state index in [9.17, 15) is 8.42 Å². The summed E-state index contributed by atoms with van der Waals surface area (Å²) in [6, 6.07) is 6.22. The van der Waals surface area contributed by atoms with Gasteiger partial charge in [0.2, 0.25) is 0 Å². The van der Waals surface area contributed by atoms with Crippen molar-refractivity contribution in [2.75, 3.05) is 19.7 Å². The summed E-state index contributed by atoms with van der Waals surface area (Å²) in [4.78, 5) is -0.0584. The number of hydrogen-bond donors (Lipinski definition) is 2. The molecule has 1 aliphatic heterocycles. The quantitative estimate of drug-likeness (QED) is 0.818. The summed E-state index contributed by atoms with van der Waals surface area (Å²) >= 11 is 0. The van der Waals surface area contributed by atoms with Gasteiger partial charge in [0.15, 0.2) is 0 Å². The number of nitrogens with one attached hydrogen (secondary N) is 1. The first-order valence-electron chi connectivity index (χ1n) is 6.70. The molecule has 1 saturated heterocycles. The molecule has 6 heteroatoms. The van der Waals surface area contributed by atoms with Gasteiger partial charge >= 0.3 is 0 Å². The number of rotatable bonds is 2. The molecule has 1 heterocycles. The molecule has 0 saturated carbocycles. The highest BCUT2D eigenvalue weighted by Crippen LogP contribution is 2.16. The van der Waals surface area contributed by atoms with Crippen molar-refractivity contribution < 1.29 is 17.7 Å². The van der Waals surface area contributed by atoms with Crippen LogP contribution in [0.2, 0.25) is 0 Å². The van der Waals surface area contributed by atoms with E-state index < -0.39 is 10.1 Å². The third kappa shape index (κ3) is 6.00. The van der Waals surface area contributed by atoms with Crippen molar-refractivity contribution in [3.8, 4) is 0 Å². The van der Waals surface area contributed by atoms with Crippen molar-refractivity contribution in [2.45, 2.75) is 37.7 Å². The standard InChI is InChI=1S/C9H12O3S.C5H11NO/c1-7(2)8-3-5-9(6-4-8)13(10,11)12;1-5-4-6-2-3-7-5/h3-7H,1-2H3,(H,10,11,12);5-6H,2-4H2,1H3. The third-order valence-electron chi connectivity index (χ3n) is 2.96. The Bertz CT molecular complexity index is 490. The SMILES string of the molecule is CC(C)c1ccc(S(=O)(=O)O)cc1.CC1CNCCO1. The molecule has 2 N–H and O–H groups in total. The van der Waals surface area contributed by atoms with Gasteiger partial charge in [0.05, 0.1) is 17.6 Å². The monoisotopic (exact) mass is 301 g/mol. The van der Waals surface area contributed by atoms with Gasteiger partial charge in [0.1, 0.15) is 0 Å². The first-order valence-corrected chi connectivity index (χ1v) is 8.14. The maximum Gasteiger partial charge on any atom is 0.294 e. The summed E-state index contributed by atoms with van der Waals surface area (Å²) in [6.45, 7) is 9.02. The number of morpholine rings is 1. The van der Waals surface area contributed by atoms with Gasteiger partial charge in [-0.1, -0.05) is 26.0 Å². The van der Waals surface area contributed by atoms with Crippen LogP contribution in [0.4, 0.5) is 0 Å². The maximum absolute atomic E-state index is 10.7. The Hall–Kier alpha value is -0.950. The average Bonchev–Trinajstić information content (AvgIpc) is 2.39. The van der Waals surface area contributed by atoms with Crippen LogP contribution in [0.25, 0.3) is 0 Å². The molecule has 0 bridgehead atoms. The van der Waals surface area contributed by atoms with Crippen LogP contribution in [0, 0.1) is 0 Å². The van der Waals surface area contributed by atoms with Crippen LogP contribution in [0.1, 0.15) is 32.3 Å². The highest BCUT2D eigenvalue weighted by molar-refractivity contribution is 7.85. The van der Waals surface area contributed by atoms with Crippen LogP contribution in [0.5, 0.6) is 0 Å². The zero-order chi connectivity index (χ0) is 15.2. The average molecular weight is 301 g/mol. The number of ether oxygens (including phenoxy) is 1. The van der Waals surface area contributed by atoms with Crippen molar-refractivity contribution in [2.24, 2.45) is 0 Å². The molecule has 1 aromatic carbocycles. The fourth-order valence-electron chi connectivity index (χ4n) is 1.72. The van der Waals surface area contributed by atoms with E-state index in [-0.39, 0.29) is 4.90 Å². The number of hydrogen-bond acceptors (Lipinski definition) is 4. The summed E-state index contributed by atoms with van der Waals surface area (Å²) in [5, 5.41) is 3.21. The van der Waals surface area contributed by atoms with Crippen LogP contribution in [0.15, 0.2) is 29.2 Å². The lowest BCUT2D eigenvalue weighted by Gasteiger charge is -2.18. The topological polar surface area (TPSA) is 75.6 Å². The summed E-state index contributed by atoms with van der Waals surface area (Å²) in [5.74, 6) is 0.357. The Morgan fingerprint density at radius 2 is 1.90 bits per heavy atom.